The van der Waals surface area contributed by atoms with Crippen LogP contribution in [0.1, 0.15) is 64.0 Å². The third-order valence-electron chi connectivity index (χ3n) is 6.79. The average Bonchev–Trinajstić information content (AvgIpc) is 2.82. The summed E-state index contributed by atoms with van der Waals surface area (Å²) in [6, 6.07) is 20.5. The summed E-state index contributed by atoms with van der Waals surface area (Å²) in [5, 5.41) is 11.6. The number of hydrogen-bond acceptors (Lipinski definition) is 2. The average molecular weight is 446 g/mol. The summed E-state index contributed by atoms with van der Waals surface area (Å²) in [5.74, 6) is -0.896. The number of nitrogens with zero attached hydrogens (tertiary/aromatic N) is 1. The molecule has 0 spiro atoms. The van der Waals surface area contributed by atoms with Gasteiger partial charge >= 0.3 is 5.97 Å². The summed E-state index contributed by atoms with van der Waals surface area (Å²) in [7, 11) is 0. The first-order valence-electron chi connectivity index (χ1n) is 11.5. The van der Waals surface area contributed by atoms with Crippen LogP contribution < -0.4 is 0 Å². The third kappa shape index (κ3) is 3.94. The number of hydrogen-bond donors (Lipinski definition) is 1. The van der Waals surface area contributed by atoms with Crippen LogP contribution in [0.5, 0.6) is 0 Å². The largest absolute Gasteiger partial charge is 0.478 e. The molecule has 0 fully saturated rings. The van der Waals surface area contributed by atoms with Crippen LogP contribution in [0.3, 0.4) is 0 Å². The van der Waals surface area contributed by atoms with Gasteiger partial charge in [0.2, 0.25) is 0 Å². The fraction of sp³-hybridized carbons (Fsp3) is 0.161. The van der Waals surface area contributed by atoms with E-state index >= 15 is 0 Å². The van der Waals surface area contributed by atoms with Gasteiger partial charge in [0, 0.05) is 23.3 Å². The van der Waals surface area contributed by atoms with Crippen molar-refractivity contribution in [1.29, 1.82) is 0 Å². The zero-order valence-electron chi connectivity index (χ0n) is 19.7. The second kappa shape index (κ2) is 8.42. The minimum absolute atomic E-state index is 0.0584. The Labute approximate surface area is 200 Å². The van der Waals surface area contributed by atoms with Gasteiger partial charge in [-0.15, -0.1) is 0 Å². The van der Waals surface area contributed by atoms with Crippen LogP contribution in [0.15, 0.2) is 79.1 Å². The first kappa shape index (κ1) is 21.8. The number of rotatable bonds is 4. The van der Waals surface area contributed by atoms with E-state index in [1.165, 1.54) is 22.1 Å². The summed E-state index contributed by atoms with van der Waals surface area (Å²) in [4.78, 5) is 15.8. The number of carbonyl (C=O) groups is 1. The molecule has 3 nitrogen and oxygen atoms in total. The number of fused-ring (bicyclic) bond motifs is 2. The molecule has 0 aliphatic heterocycles. The van der Waals surface area contributed by atoms with Crippen molar-refractivity contribution >= 4 is 34.5 Å². The number of pyridine rings is 1. The standard InChI is InChI=1S/C31H27NO2/c1-20-16-21(10-12-24(20)30(33)34)8-9-22-11-13-29-27(17-22)26(14-15-31(29,2)3)28-19-32-18-23-6-4-5-7-25(23)28/h4-14,16-19H,15H2,1-3H3,(H,33,34)/b9-8+. The number of benzene rings is 3. The van der Waals surface area contributed by atoms with Gasteiger partial charge in [0.25, 0.3) is 0 Å². The van der Waals surface area contributed by atoms with E-state index < -0.39 is 5.97 Å². The second-order valence-electron chi connectivity index (χ2n) is 9.63. The second-order valence-corrected chi connectivity index (χ2v) is 9.63. The van der Waals surface area contributed by atoms with Gasteiger partial charge in [-0.25, -0.2) is 4.79 Å². The van der Waals surface area contributed by atoms with Crippen LogP contribution in [0.2, 0.25) is 0 Å². The van der Waals surface area contributed by atoms with Crippen LogP contribution >= 0.6 is 0 Å². The molecule has 0 amide bonds. The van der Waals surface area contributed by atoms with Crippen molar-refractivity contribution in [3.63, 3.8) is 0 Å². The summed E-state index contributed by atoms with van der Waals surface area (Å²) in [5.41, 5.74) is 8.23. The zero-order valence-corrected chi connectivity index (χ0v) is 19.7. The van der Waals surface area contributed by atoms with Gasteiger partial charge in [0.15, 0.2) is 0 Å². The van der Waals surface area contributed by atoms with Crippen molar-refractivity contribution in [2.75, 3.05) is 0 Å². The predicted molar refractivity (Wildman–Crippen MR) is 140 cm³/mol. The Hall–Kier alpha value is -3.98. The molecule has 0 radical (unpaired) electrons. The maximum absolute atomic E-state index is 11.3. The Balaban J connectivity index is 1.57. The molecule has 0 bridgehead atoms. The van der Waals surface area contributed by atoms with Crippen molar-refractivity contribution in [1.82, 2.24) is 4.98 Å². The number of carboxylic acid groups (broad SMARTS) is 1. The highest BCUT2D eigenvalue weighted by molar-refractivity contribution is 5.98. The van der Waals surface area contributed by atoms with Gasteiger partial charge in [0.1, 0.15) is 0 Å². The Bertz CT molecular complexity index is 1490. The minimum Gasteiger partial charge on any atom is -0.478 e. The number of allylic oxidation sites excluding steroid dienone is 1. The Morgan fingerprint density at radius 3 is 2.44 bits per heavy atom. The van der Waals surface area contributed by atoms with Gasteiger partial charge in [-0.05, 0) is 69.7 Å². The quantitative estimate of drug-likeness (QED) is 0.330. The highest BCUT2D eigenvalue weighted by Gasteiger charge is 2.29. The van der Waals surface area contributed by atoms with Crippen LogP contribution in [-0.2, 0) is 5.41 Å². The van der Waals surface area contributed by atoms with E-state index in [2.05, 4.69) is 67.4 Å². The van der Waals surface area contributed by atoms with Gasteiger partial charge in [-0.3, -0.25) is 4.98 Å². The first-order chi connectivity index (χ1) is 16.3. The summed E-state index contributed by atoms with van der Waals surface area (Å²) < 4.78 is 0. The van der Waals surface area contributed by atoms with Gasteiger partial charge < -0.3 is 5.11 Å². The van der Waals surface area contributed by atoms with Crippen molar-refractivity contribution in [2.45, 2.75) is 32.6 Å². The third-order valence-corrected chi connectivity index (χ3v) is 6.79. The monoisotopic (exact) mass is 445 g/mol. The molecule has 34 heavy (non-hydrogen) atoms. The lowest BCUT2D eigenvalue weighted by Gasteiger charge is -2.32. The molecule has 0 saturated heterocycles. The molecule has 168 valence electrons. The number of aryl methyl sites for hydroxylation is 1. The highest BCUT2D eigenvalue weighted by atomic mass is 16.4. The molecule has 0 atom stereocenters. The minimum atomic E-state index is -0.896. The van der Waals surface area contributed by atoms with E-state index in [9.17, 15) is 9.90 Å². The molecule has 3 aromatic carbocycles. The topological polar surface area (TPSA) is 50.2 Å². The maximum atomic E-state index is 11.3. The lowest BCUT2D eigenvalue weighted by molar-refractivity contribution is 0.0696. The van der Waals surface area contributed by atoms with E-state index in [4.69, 9.17) is 0 Å². The summed E-state index contributed by atoms with van der Waals surface area (Å²) in [6.45, 7) is 6.42. The number of carboxylic acids is 1. The molecular weight excluding hydrogens is 418 g/mol. The molecule has 0 saturated carbocycles. The molecule has 1 aromatic heterocycles. The normalized spacial score (nSPS) is 14.7. The van der Waals surface area contributed by atoms with Gasteiger partial charge in [-0.2, -0.15) is 0 Å². The fourth-order valence-corrected chi connectivity index (χ4v) is 4.86. The summed E-state index contributed by atoms with van der Waals surface area (Å²) in [6.07, 6.45) is 11.4. The molecule has 5 rings (SSSR count). The molecule has 3 heteroatoms. The van der Waals surface area contributed by atoms with Crippen molar-refractivity contribution in [2.24, 2.45) is 0 Å². The predicted octanol–water partition coefficient (Wildman–Crippen LogP) is 7.52. The van der Waals surface area contributed by atoms with Crippen LogP contribution in [-0.4, -0.2) is 16.1 Å². The van der Waals surface area contributed by atoms with E-state index in [1.54, 1.807) is 6.07 Å². The van der Waals surface area contributed by atoms with Crippen molar-refractivity contribution < 1.29 is 9.90 Å². The highest BCUT2D eigenvalue weighted by Crippen LogP contribution is 2.43. The summed E-state index contributed by atoms with van der Waals surface area (Å²) >= 11 is 0. The smallest absolute Gasteiger partial charge is 0.335 e. The van der Waals surface area contributed by atoms with Crippen molar-refractivity contribution in [3.8, 4) is 0 Å². The molecule has 1 N–H and O–H groups in total. The van der Waals surface area contributed by atoms with Crippen molar-refractivity contribution in [3.05, 3.63) is 118 Å². The molecule has 4 aromatic rings. The molecule has 0 unspecified atom stereocenters. The Kier molecular flexibility index (Phi) is 5.41. The van der Waals surface area contributed by atoms with E-state index in [0.29, 0.717) is 5.56 Å². The SMILES string of the molecule is Cc1cc(/C=C/c2ccc3c(c2)C(c2cncc4ccccc24)=CCC3(C)C)ccc1C(=O)O. The fourth-order valence-electron chi connectivity index (χ4n) is 4.86. The Morgan fingerprint density at radius 2 is 1.68 bits per heavy atom. The van der Waals surface area contributed by atoms with Crippen LogP contribution in [0.25, 0.3) is 28.5 Å². The first-order valence-corrected chi connectivity index (χ1v) is 11.5. The van der Waals surface area contributed by atoms with Crippen LogP contribution in [0.4, 0.5) is 0 Å². The maximum Gasteiger partial charge on any atom is 0.335 e. The van der Waals surface area contributed by atoms with Gasteiger partial charge in [-0.1, -0.05) is 80.6 Å². The van der Waals surface area contributed by atoms with Crippen LogP contribution in [0, 0.1) is 6.92 Å². The van der Waals surface area contributed by atoms with E-state index in [1.807, 2.05) is 43.6 Å². The number of aromatic carboxylic acids is 1. The number of aromatic nitrogens is 1. The molecular formula is C31H27NO2. The Morgan fingerprint density at radius 1 is 0.941 bits per heavy atom. The lowest BCUT2D eigenvalue weighted by atomic mass is 9.71. The van der Waals surface area contributed by atoms with E-state index in [-0.39, 0.29) is 5.41 Å². The zero-order chi connectivity index (χ0) is 23.9. The molecule has 1 aliphatic carbocycles. The lowest BCUT2D eigenvalue weighted by Crippen LogP contribution is -2.22. The molecule has 1 heterocycles. The molecule has 1 aliphatic rings. The van der Waals surface area contributed by atoms with Gasteiger partial charge in [0.05, 0.1) is 5.56 Å². The van der Waals surface area contributed by atoms with E-state index in [0.717, 1.165) is 34.1 Å².